The molecule has 0 aliphatic carbocycles. The third-order valence-electron chi connectivity index (χ3n) is 2.67. The molecule has 1 heterocycles. The van der Waals surface area contributed by atoms with E-state index in [9.17, 15) is 13.2 Å². The highest BCUT2D eigenvalue weighted by atomic mass is 32.2. The van der Waals surface area contributed by atoms with Crippen LogP contribution in [0.2, 0.25) is 0 Å². The molecular weight excluding hydrogens is 263 g/mol. The number of aromatic nitrogens is 1. The van der Waals surface area contributed by atoms with Crippen molar-refractivity contribution >= 4 is 22.7 Å². The summed E-state index contributed by atoms with van der Waals surface area (Å²) in [5, 5.41) is 10.1. The molecule has 0 amide bonds. The Kier molecular flexibility index (Phi) is 3.87. The molecule has 0 fully saturated rings. The van der Waals surface area contributed by atoms with Crippen molar-refractivity contribution in [2.75, 3.05) is 5.75 Å². The summed E-state index contributed by atoms with van der Waals surface area (Å²) in [4.78, 5) is 0. The first kappa shape index (κ1) is 13.3. The van der Waals surface area contributed by atoms with Gasteiger partial charge in [0.2, 0.25) is 0 Å². The normalized spacial score (nSPS) is 12.2. The van der Waals surface area contributed by atoms with Gasteiger partial charge in [0.15, 0.2) is 0 Å². The van der Waals surface area contributed by atoms with Gasteiger partial charge in [-0.15, -0.1) is 0 Å². The largest absolute Gasteiger partial charge is 0.441 e. The molecule has 0 unspecified atom stereocenters. The van der Waals surface area contributed by atoms with Gasteiger partial charge in [0.1, 0.15) is 0 Å². The van der Waals surface area contributed by atoms with Crippen LogP contribution in [0, 0.1) is 0 Å². The standard InChI is InChI=1S/C12H12F3NOS/c13-12(14,15)18-7-6-16-5-4-10-9(8-17)2-1-3-11(10)16/h1-5,17H,6-8H2. The molecule has 0 radical (unpaired) electrons. The van der Waals surface area contributed by atoms with E-state index in [-0.39, 0.29) is 24.1 Å². The van der Waals surface area contributed by atoms with E-state index in [4.69, 9.17) is 5.11 Å². The Bertz CT molecular complexity index is 536. The Morgan fingerprint density at radius 2 is 2.00 bits per heavy atom. The van der Waals surface area contributed by atoms with E-state index in [2.05, 4.69) is 0 Å². The molecule has 0 saturated carbocycles. The van der Waals surface area contributed by atoms with Gasteiger partial charge in [-0.3, -0.25) is 0 Å². The monoisotopic (exact) mass is 275 g/mol. The van der Waals surface area contributed by atoms with Crippen LogP contribution in [0.3, 0.4) is 0 Å². The highest BCUT2D eigenvalue weighted by molar-refractivity contribution is 8.00. The summed E-state index contributed by atoms with van der Waals surface area (Å²) in [6, 6.07) is 7.25. The maximum atomic E-state index is 12.0. The summed E-state index contributed by atoms with van der Waals surface area (Å²) in [7, 11) is 0. The van der Waals surface area contributed by atoms with Crippen LogP contribution in [0.5, 0.6) is 0 Å². The van der Waals surface area contributed by atoms with Gasteiger partial charge in [-0.05, 0) is 29.5 Å². The Balaban J connectivity index is 2.15. The number of thioether (sulfide) groups is 1. The zero-order valence-electron chi connectivity index (χ0n) is 9.44. The predicted octanol–water partition coefficient (Wildman–Crippen LogP) is 3.39. The van der Waals surface area contributed by atoms with Crippen molar-refractivity contribution in [3.63, 3.8) is 0 Å². The smallest absolute Gasteiger partial charge is 0.392 e. The Labute approximate surface area is 106 Å². The molecule has 6 heteroatoms. The third-order valence-corrected chi connectivity index (χ3v) is 3.39. The van der Waals surface area contributed by atoms with Gasteiger partial charge >= 0.3 is 5.51 Å². The zero-order chi connectivity index (χ0) is 13.2. The molecule has 18 heavy (non-hydrogen) atoms. The lowest BCUT2D eigenvalue weighted by atomic mass is 10.1. The number of aliphatic hydroxyl groups is 1. The molecule has 2 rings (SSSR count). The van der Waals surface area contributed by atoms with E-state index in [1.165, 1.54) is 0 Å². The maximum Gasteiger partial charge on any atom is 0.441 e. The van der Waals surface area contributed by atoms with Crippen molar-refractivity contribution in [1.29, 1.82) is 0 Å². The number of benzene rings is 1. The van der Waals surface area contributed by atoms with Gasteiger partial charge in [0.25, 0.3) is 0 Å². The second-order valence-electron chi connectivity index (χ2n) is 3.81. The quantitative estimate of drug-likeness (QED) is 0.925. The Morgan fingerprint density at radius 1 is 1.22 bits per heavy atom. The number of rotatable bonds is 4. The average molecular weight is 275 g/mol. The molecule has 2 aromatic rings. The summed E-state index contributed by atoms with van der Waals surface area (Å²) in [6.45, 7) is 0.223. The zero-order valence-corrected chi connectivity index (χ0v) is 10.3. The van der Waals surface area contributed by atoms with Gasteiger partial charge in [-0.2, -0.15) is 13.2 Å². The molecule has 1 aromatic carbocycles. The topological polar surface area (TPSA) is 25.2 Å². The predicted molar refractivity (Wildman–Crippen MR) is 66.4 cm³/mol. The highest BCUT2D eigenvalue weighted by Crippen LogP contribution is 2.30. The molecule has 0 saturated heterocycles. The second-order valence-corrected chi connectivity index (χ2v) is 4.97. The number of hydrogen-bond donors (Lipinski definition) is 1. The molecule has 0 aliphatic heterocycles. The molecule has 0 atom stereocenters. The molecule has 0 aliphatic rings. The van der Waals surface area contributed by atoms with Gasteiger partial charge in [-0.1, -0.05) is 12.1 Å². The Morgan fingerprint density at radius 3 is 2.67 bits per heavy atom. The van der Waals surface area contributed by atoms with E-state index in [1.54, 1.807) is 22.9 Å². The number of alkyl halides is 3. The summed E-state index contributed by atoms with van der Waals surface area (Å²) >= 11 is -0.0199. The first-order valence-corrected chi connectivity index (χ1v) is 6.38. The lowest BCUT2D eigenvalue weighted by Gasteiger charge is -2.08. The number of nitrogens with zero attached hydrogens (tertiary/aromatic N) is 1. The fourth-order valence-corrected chi connectivity index (χ4v) is 2.40. The van der Waals surface area contributed by atoms with Gasteiger partial charge in [0.05, 0.1) is 6.61 Å². The van der Waals surface area contributed by atoms with Crippen LogP contribution in [-0.4, -0.2) is 20.9 Å². The molecule has 2 nitrogen and oxygen atoms in total. The molecular formula is C12H12F3NOS. The van der Waals surface area contributed by atoms with Crippen molar-refractivity contribution in [3.8, 4) is 0 Å². The number of hydrogen-bond acceptors (Lipinski definition) is 2. The lowest BCUT2D eigenvalue weighted by molar-refractivity contribution is -0.0328. The van der Waals surface area contributed by atoms with Gasteiger partial charge < -0.3 is 9.67 Å². The third kappa shape index (κ3) is 3.00. The van der Waals surface area contributed by atoms with Crippen molar-refractivity contribution in [1.82, 2.24) is 4.57 Å². The first-order valence-electron chi connectivity index (χ1n) is 5.39. The maximum absolute atomic E-state index is 12.0. The fourth-order valence-electron chi connectivity index (χ4n) is 1.88. The SMILES string of the molecule is OCc1cccc2c1ccn2CCSC(F)(F)F. The summed E-state index contributed by atoms with van der Waals surface area (Å²) < 4.78 is 37.9. The van der Waals surface area contributed by atoms with Gasteiger partial charge in [0, 0.05) is 29.4 Å². The minimum Gasteiger partial charge on any atom is -0.392 e. The van der Waals surface area contributed by atoms with E-state index >= 15 is 0 Å². The number of aryl methyl sites for hydroxylation is 1. The summed E-state index contributed by atoms with van der Waals surface area (Å²) in [5.74, 6) is -0.0172. The average Bonchev–Trinajstić information content (AvgIpc) is 2.71. The Hall–Kier alpha value is -1.14. The molecule has 1 N–H and O–H groups in total. The fraction of sp³-hybridized carbons (Fsp3) is 0.333. The first-order chi connectivity index (χ1) is 8.51. The summed E-state index contributed by atoms with van der Waals surface area (Å²) in [6.07, 6.45) is 1.75. The number of fused-ring (bicyclic) bond motifs is 1. The minimum absolute atomic E-state index is 0.0172. The molecule has 0 spiro atoms. The van der Waals surface area contributed by atoms with Crippen LogP contribution in [-0.2, 0) is 13.2 Å². The van der Waals surface area contributed by atoms with E-state index in [0.717, 1.165) is 16.5 Å². The lowest BCUT2D eigenvalue weighted by Crippen LogP contribution is -2.06. The van der Waals surface area contributed by atoms with E-state index in [1.807, 2.05) is 12.1 Å². The minimum atomic E-state index is -4.18. The van der Waals surface area contributed by atoms with E-state index < -0.39 is 5.51 Å². The molecule has 0 bridgehead atoms. The summed E-state index contributed by atoms with van der Waals surface area (Å²) in [5.41, 5.74) is -2.54. The highest BCUT2D eigenvalue weighted by Gasteiger charge is 2.27. The van der Waals surface area contributed by atoms with Crippen molar-refractivity contribution in [2.45, 2.75) is 18.7 Å². The number of aliphatic hydroxyl groups excluding tert-OH is 1. The number of halogens is 3. The van der Waals surface area contributed by atoms with Crippen LogP contribution in [0.4, 0.5) is 13.2 Å². The van der Waals surface area contributed by atoms with Crippen LogP contribution < -0.4 is 0 Å². The second kappa shape index (κ2) is 5.24. The van der Waals surface area contributed by atoms with E-state index in [0.29, 0.717) is 6.54 Å². The van der Waals surface area contributed by atoms with Crippen LogP contribution in [0.25, 0.3) is 10.9 Å². The van der Waals surface area contributed by atoms with Crippen LogP contribution in [0.1, 0.15) is 5.56 Å². The van der Waals surface area contributed by atoms with Gasteiger partial charge in [-0.25, -0.2) is 0 Å². The molecule has 1 aromatic heterocycles. The van der Waals surface area contributed by atoms with Crippen LogP contribution >= 0.6 is 11.8 Å². The van der Waals surface area contributed by atoms with Crippen molar-refractivity contribution in [3.05, 3.63) is 36.0 Å². The van der Waals surface area contributed by atoms with Crippen molar-refractivity contribution < 1.29 is 18.3 Å². The van der Waals surface area contributed by atoms with Crippen LogP contribution in [0.15, 0.2) is 30.5 Å². The van der Waals surface area contributed by atoms with Crippen molar-refractivity contribution in [2.24, 2.45) is 0 Å². The molecule has 98 valence electrons.